The number of benzene rings is 3. The first kappa shape index (κ1) is 24.5. The van der Waals surface area contributed by atoms with Crippen molar-refractivity contribution in [2.75, 3.05) is 22.1 Å². The van der Waals surface area contributed by atoms with Crippen LogP contribution in [0.25, 0.3) is 22.5 Å². The van der Waals surface area contributed by atoms with E-state index in [4.69, 9.17) is 0 Å². The van der Waals surface area contributed by atoms with Crippen LogP contribution in [0, 0.1) is 6.92 Å². The number of tetrazole rings is 1. The summed E-state index contributed by atoms with van der Waals surface area (Å²) in [5.41, 5.74) is 6.60. The van der Waals surface area contributed by atoms with Gasteiger partial charge in [-0.05, 0) is 72.0 Å². The number of aryl methyl sites for hydroxylation is 1. The van der Waals surface area contributed by atoms with E-state index in [0.717, 1.165) is 52.3 Å². The van der Waals surface area contributed by atoms with Gasteiger partial charge in [-0.1, -0.05) is 67.8 Å². The van der Waals surface area contributed by atoms with Crippen molar-refractivity contribution in [2.24, 2.45) is 0 Å². The fraction of sp³-hybridized carbons (Fsp3) is 0.310. The molecule has 0 spiro atoms. The number of aromatic amines is 1. The molecule has 0 radical (unpaired) electrons. The molecule has 1 aromatic heterocycles. The van der Waals surface area contributed by atoms with Crippen LogP contribution >= 0.6 is 0 Å². The third-order valence-corrected chi connectivity index (χ3v) is 6.93. The monoisotopic (exact) mass is 495 g/mol. The number of nitrogens with one attached hydrogen (secondary N) is 3. The lowest BCUT2D eigenvalue weighted by atomic mass is 9.97. The molecule has 3 aromatic carbocycles. The van der Waals surface area contributed by atoms with Crippen LogP contribution in [0.5, 0.6) is 0 Å². The topological polar surface area (TPSA) is 98.8 Å². The maximum atomic E-state index is 13.1. The van der Waals surface area contributed by atoms with Gasteiger partial charge in [-0.15, -0.1) is 5.10 Å². The molecule has 3 N–H and O–H groups in total. The van der Waals surface area contributed by atoms with E-state index < -0.39 is 0 Å². The number of hydrogen-bond donors (Lipinski definition) is 3. The Kier molecular flexibility index (Phi) is 7.44. The minimum Gasteiger partial charge on any atom is -0.367 e. The molecule has 5 rings (SSSR count). The Labute approximate surface area is 217 Å². The molecular weight excluding hydrogens is 462 g/mol. The summed E-state index contributed by atoms with van der Waals surface area (Å²) in [5.74, 6) is 0.602. The van der Waals surface area contributed by atoms with E-state index in [1.807, 2.05) is 55.5 Å². The molecule has 1 fully saturated rings. The molecule has 1 aliphatic rings. The Bertz CT molecular complexity index is 1330. The summed E-state index contributed by atoms with van der Waals surface area (Å²) in [7, 11) is 0. The fourth-order valence-corrected chi connectivity index (χ4v) is 5.15. The summed E-state index contributed by atoms with van der Waals surface area (Å²) < 4.78 is 0. The van der Waals surface area contributed by atoms with Gasteiger partial charge >= 0.3 is 6.03 Å². The zero-order valence-corrected chi connectivity index (χ0v) is 21.4. The molecule has 0 unspecified atom stereocenters. The van der Waals surface area contributed by atoms with Crippen molar-refractivity contribution in [3.05, 3.63) is 72.3 Å². The van der Waals surface area contributed by atoms with Crippen LogP contribution < -0.4 is 15.5 Å². The summed E-state index contributed by atoms with van der Waals surface area (Å²) in [6.45, 7) is 5.17. The smallest absolute Gasteiger partial charge is 0.323 e. The highest BCUT2D eigenvalue weighted by Gasteiger charge is 2.25. The minimum absolute atomic E-state index is 0.266. The Balaban J connectivity index is 1.53. The van der Waals surface area contributed by atoms with Gasteiger partial charge in [-0.2, -0.15) is 0 Å². The summed E-state index contributed by atoms with van der Waals surface area (Å²) in [4.78, 5) is 15.6. The Morgan fingerprint density at radius 1 is 1.00 bits per heavy atom. The van der Waals surface area contributed by atoms with Gasteiger partial charge in [0.1, 0.15) is 0 Å². The quantitative estimate of drug-likeness (QED) is 0.254. The first-order valence-corrected chi connectivity index (χ1v) is 13.0. The second-order valence-electron chi connectivity index (χ2n) is 9.60. The van der Waals surface area contributed by atoms with E-state index in [-0.39, 0.29) is 6.03 Å². The third kappa shape index (κ3) is 5.63. The summed E-state index contributed by atoms with van der Waals surface area (Å²) in [5, 5.41) is 20.6. The standard InChI is InChI=1S/C29H33N7O/c1-3-18-36(23-8-4-5-9-23)27-17-14-21(24-10-6-7-11-25(24)28-32-34-35-33-28)19-26(27)31-29(37)30-22-15-12-20(2)13-16-22/h6-7,10-17,19,23H,3-5,8-9,18H2,1-2H3,(H2,30,31,37)(H,32,33,34,35). The van der Waals surface area contributed by atoms with Crippen molar-refractivity contribution in [1.29, 1.82) is 0 Å². The molecule has 0 bridgehead atoms. The van der Waals surface area contributed by atoms with Crippen LogP contribution in [0.1, 0.15) is 44.6 Å². The van der Waals surface area contributed by atoms with Gasteiger partial charge < -0.3 is 15.5 Å². The van der Waals surface area contributed by atoms with Gasteiger partial charge in [0.2, 0.25) is 0 Å². The first-order valence-electron chi connectivity index (χ1n) is 13.0. The first-order chi connectivity index (χ1) is 18.1. The molecule has 0 aliphatic heterocycles. The third-order valence-electron chi connectivity index (χ3n) is 6.93. The van der Waals surface area contributed by atoms with E-state index in [2.05, 4.69) is 61.3 Å². The SMILES string of the molecule is CCCN(c1ccc(-c2ccccc2-c2nnn[nH]2)cc1NC(=O)Nc1ccc(C)cc1)C1CCCC1. The molecule has 2 amide bonds. The fourth-order valence-electron chi connectivity index (χ4n) is 5.15. The zero-order valence-electron chi connectivity index (χ0n) is 21.4. The number of anilines is 3. The van der Waals surface area contributed by atoms with Crippen LogP contribution in [0.2, 0.25) is 0 Å². The van der Waals surface area contributed by atoms with E-state index >= 15 is 0 Å². The number of aromatic nitrogens is 4. The zero-order chi connectivity index (χ0) is 25.6. The average molecular weight is 496 g/mol. The minimum atomic E-state index is -0.266. The maximum Gasteiger partial charge on any atom is 0.323 e. The molecule has 1 saturated carbocycles. The molecule has 0 saturated heterocycles. The van der Waals surface area contributed by atoms with E-state index in [9.17, 15) is 4.79 Å². The van der Waals surface area contributed by atoms with Gasteiger partial charge in [-0.25, -0.2) is 9.89 Å². The van der Waals surface area contributed by atoms with E-state index in [1.165, 1.54) is 25.7 Å². The highest BCUT2D eigenvalue weighted by Crippen LogP contribution is 2.38. The van der Waals surface area contributed by atoms with Crippen molar-refractivity contribution in [1.82, 2.24) is 20.6 Å². The molecule has 190 valence electrons. The van der Waals surface area contributed by atoms with E-state index in [0.29, 0.717) is 11.9 Å². The molecule has 37 heavy (non-hydrogen) atoms. The summed E-state index contributed by atoms with van der Waals surface area (Å²) >= 11 is 0. The predicted molar refractivity (Wildman–Crippen MR) is 149 cm³/mol. The van der Waals surface area contributed by atoms with E-state index in [1.54, 1.807) is 0 Å². The lowest BCUT2D eigenvalue weighted by Crippen LogP contribution is -2.35. The number of carbonyl (C=O) groups excluding carboxylic acids is 1. The van der Waals surface area contributed by atoms with Crippen molar-refractivity contribution in [3.8, 4) is 22.5 Å². The molecule has 1 aliphatic carbocycles. The highest BCUT2D eigenvalue weighted by molar-refractivity contribution is 6.02. The Morgan fingerprint density at radius 3 is 2.46 bits per heavy atom. The normalized spacial score (nSPS) is 13.5. The number of hydrogen-bond acceptors (Lipinski definition) is 5. The van der Waals surface area contributed by atoms with Crippen molar-refractivity contribution < 1.29 is 4.79 Å². The van der Waals surface area contributed by atoms with Crippen LogP contribution in [-0.4, -0.2) is 39.2 Å². The number of nitrogens with zero attached hydrogens (tertiary/aromatic N) is 4. The number of carbonyl (C=O) groups is 1. The number of H-pyrrole nitrogens is 1. The molecular formula is C29H33N7O. The predicted octanol–water partition coefficient (Wildman–Crippen LogP) is 6.65. The maximum absolute atomic E-state index is 13.1. The number of rotatable bonds is 8. The van der Waals surface area contributed by atoms with Crippen LogP contribution in [0.3, 0.4) is 0 Å². The van der Waals surface area contributed by atoms with Crippen LogP contribution in [-0.2, 0) is 0 Å². The molecule has 1 heterocycles. The van der Waals surface area contributed by atoms with Crippen molar-refractivity contribution >= 4 is 23.1 Å². The van der Waals surface area contributed by atoms with Gasteiger partial charge in [-0.3, -0.25) is 0 Å². The summed E-state index contributed by atoms with van der Waals surface area (Å²) in [6.07, 6.45) is 5.89. The average Bonchev–Trinajstić information content (AvgIpc) is 3.64. The Morgan fingerprint density at radius 2 is 1.76 bits per heavy atom. The van der Waals surface area contributed by atoms with Gasteiger partial charge in [0.25, 0.3) is 0 Å². The number of amides is 2. The highest BCUT2D eigenvalue weighted by atomic mass is 16.2. The molecule has 8 nitrogen and oxygen atoms in total. The summed E-state index contributed by atoms with van der Waals surface area (Å²) in [6, 6.07) is 22.3. The van der Waals surface area contributed by atoms with Crippen molar-refractivity contribution in [3.63, 3.8) is 0 Å². The molecule has 4 aromatic rings. The number of urea groups is 1. The van der Waals surface area contributed by atoms with Crippen LogP contribution in [0.15, 0.2) is 66.7 Å². The largest absolute Gasteiger partial charge is 0.367 e. The Hall–Kier alpha value is -4.20. The lowest BCUT2D eigenvalue weighted by Gasteiger charge is -2.33. The molecule has 8 heteroatoms. The molecule has 0 atom stereocenters. The van der Waals surface area contributed by atoms with Gasteiger partial charge in [0.05, 0.1) is 11.4 Å². The van der Waals surface area contributed by atoms with Gasteiger partial charge in [0, 0.05) is 23.8 Å². The second-order valence-corrected chi connectivity index (χ2v) is 9.60. The van der Waals surface area contributed by atoms with Gasteiger partial charge in [0.15, 0.2) is 5.82 Å². The van der Waals surface area contributed by atoms with Crippen molar-refractivity contribution in [2.45, 2.75) is 52.0 Å². The second kappa shape index (κ2) is 11.2. The lowest BCUT2D eigenvalue weighted by molar-refractivity contribution is 0.262. The van der Waals surface area contributed by atoms with Crippen LogP contribution in [0.4, 0.5) is 21.9 Å².